The van der Waals surface area contributed by atoms with Crippen LogP contribution in [0.2, 0.25) is 0 Å². The number of carbonyl (C=O) groups excluding carboxylic acids is 2. The second kappa shape index (κ2) is 8.05. The van der Waals surface area contributed by atoms with Crippen LogP contribution in [0.5, 0.6) is 5.75 Å². The maximum Gasteiger partial charge on any atom is 0.290 e. The molecule has 0 saturated heterocycles. The highest BCUT2D eigenvalue weighted by Gasteiger charge is 2.43. The number of aliphatic hydroxyl groups is 1. The molecule has 1 aromatic heterocycles. The lowest BCUT2D eigenvalue weighted by Gasteiger charge is -2.25. The van der Waals surface area contributed by atoms with Crippen LogP contribution in [0, 0.1) is 0 Å². The summed E-state index contributed by atoms with van der Waals surface area (Å²) in [6.45, 7) is 7.87. The van der Waals surface area contributed by atoms with Gasteiger partial charge in [-0.1, -0.05) is 36.9 Å². The van der Waals surface area contributed by atoms with Crippen molar-refractivity contribution in [1.29, 1.82) is 0 Å². The first-order valence-electron chi connectivity index (χ1n) is 8.35. The van der Waals surface area contributed by atoms with Gasteiger partial charge in [-0.15, -0.1) is 17.9 Å². The van der Waals surface area contributed by atoms with E-state index in [1.807, 2.05) is 0 Å². The first-order chi connectivity index (χ1) is 13.1. The minimum Gasteiger partial charge on any atom is -0.503 e. The van der Waals surface area contributed by atoms with Crippen molar-refractivity contribution >= 4 is 23.0 Å². The van der Waals surface area contributed by atoms with E-state index in [4.69, 9.17) is 4.74 Å². The fraction of sp³-hybridized carbons (Fsp3) is 0.143. The standard InChI is InChI=1S/C21H19NO4S/c1-3-11-22-18(14-7-9-15(10-8-14)26-12-4-2)17(20(24)21(22)25)19(23)16-6-5-13-27-16/h3-10,13,18,24H,1-2,11-12H2/t18-/m1/s1. The molecule has 1 amide bonds. The highest BCUT2D eigenvalue weighted by atomic mass is 32.1. The Morgan fingerprint density at radius 2 is 1.96 bits per heavy atom. The van der Waals surface area contributed by atoms with Crippen LogP contribution in [-0.4, -0.2) is 34.8 Å². The van der Waals surface area contributed by atoms with Gasteiger partial charge < -0.3 is 14.7 Å². The normalized spacial score (nSPS) is 16.5. The van der Waals surface area contributed by atoms with E-state index < -0.39 is 17.7 Å². The lowest BCUT2D eigenvalue weighted by molar-refractivity contribution is -0.128. The molecule has 2 heterocycles. The van der Waals surface area contributed by atoms with Crippen molar-refractivity contribution in [3.8, 4) is 5.75 Å². The Morgan fingerprint density at radius 1 is 1.22 bits per heavy atom. The summed E-state index contributed by atoms with van der Waals surface area (Å²) in [5.74, 6) is -0.781. The predicted octanol–water partition coefficient (Wildman–Crippen LogP) is 4.08. The number of ketones is 1. The molecule has 1 aliphatic heterocycles. The topological polar surface area (TPSA) is 66.8 Å². The Hall–Kier alpha value is -3.12. The molecule has 0 fully saturated rings. The molecule has 0 saturated carbocycles. The van der Waals surface area contributed by atoms with Gasteiger partial charge in [0, 0.05) is 6.54 Å². The minimum atomic E-state index is -0.682. The van der Waals surface area contributed by atoms with Crippen molar-refractivity contribution in [1.82, 2.24) is 4.90 Å². The number of aliphatic hydroxyl groups excluding tert-OH is 1. The van der Waals surface area contributed by atoms with Gasteiger partial charge in [0.2, 0.25) is 5.78 Å². The lowest BCUT2D eigenvalue weighted by Crippen LogP contribution is -2.31. The highest BCUT2D eigenvalue weighted by molar-refractivity contribution is 7.12. The molecular formula is C21H19NO4S. The number of carbonyl (C=O) groups is 2. The molecule has 0 bridgehead atoms. The quantitative estimate of drug-likeness (QED) is 0.553. The van der Waals surface area contributed by atoms with Crippen molar-refractivity contribution in [3.05, 3.63) is 88.9 Å². The van der Waals surface area contributed by atoms with Crippen LogP contribution in [0.25, 0.3) is 0 Å². The SMILES string of the molecule is C=CCOc1ccc([C@@H]2C(C(=O)c3cccs3)=C(O)C(=O)N2CC=C)cc1. The molecule has 0 radical (unpaired) electrons. The summed E-state index contributed by atoms with van der Waals surface area (Å²) in [7, 11) is 0. The maximum absolute atomic E-state index is 13.0. The van der Waals surface area contributed by atoms with Crippen LogP contribution >= 0.6 is 11.3 Å². The Balaban J connectivity index is 2.01. The molecule has 1 N–H and O–H groups in total. The van der Waals surface area contributed by atoms with Crippen LogP contribution in [0.3, 0.4) is 0 Å². The summed E-state index contributed by atoms with van der Waals surface area (Å²) >= 11 is 1.27. The summed E-state index contributed by atoms with van der Waals surface area (Å²) in [5, 5.41) is 12.2. The Bertz CT molecular complexity index is 897. The molecule has 1 aliphatic rings. The molecule has 1 aromatic carbocycles. The number of hydrogen-bond donors (Lipinski definition) is 1. The van der Waals surface area contributed by atoms with Gasteiger partial charge >= 0.3 is 0 Å². The number of benzene rings is 1. The van der Waals surface area contributed by atoms with E-state index in [9.17, 15) is 14.7 Å². The zero-order valence-corrected chi connectivity index (χ0v) is 15.4. The fourth-order valence-electron chi connectivity index (χ4n) is 3.00. The van der Waals surface area contributed by atoms with Crippen molar-refractivity contribution in [2.45, 2.75) is 6.04 Å². The molecule has 2 aromatic rings. The summed E-state index contributed by atoms with van der Waals surface area (Å²) in [4.78, 5) is 27.4. The van der Waals surface area contributed by atoms with Crippen LogP contribution in [-0.2, 0) is 4.79 Å². The highest BCUT2D eigenvalue weighted by Crippen LogP contribution is 2.39. The van der Waals surface area contributed by atoms with Crippen molar-refractivity contribution in [3.63, 3.8) is 0 Å². The van der Waals surface area contributed by atoms with Gasteiger partial charge in [0.25, 0.3) is 5.91 Å². The number of amides is 1. The summed E-state index contributed by atoms with van der Waals surface area (Å²) in [5.41, 5.74) is 0.796. The van der Waals surface area contributed by atoms with Gasteiger partial charge in [0.1, 0.15) is 12.4 Å². The minimum absolute atomic E-state index is 0.0871. The summed E-state index contributed by atoms with van der Waals surface area (Å²) in [6, 6.07) is 9.85. The van der Waals surface area contributed by atoms with Crippen molar-refractivity contribution in [2.24, 2.45) is 0 Å². The first kappa shape index (κ1) is 18.7. The summed E-state index contributed by atoms with van der Waals surface area (Å²) < 4.78 is 5.48. The third-order valence-electron chi connectivity index (χ3n) is 4.18. The van der Waals surface area contributed by atoms with E-state index in [0.717, 1.165) is 0 Å². The van der Waals surface area contributed by atoms with E-state index in [1.165, 1.54) is 16.2 Å². The molecular weight excluding hydrogens is 362 g/mol. The third-order valence-corrected chi connectivity index (χ3v) is 5.05. The van der Waals surface area contributed by atoms with Crippen LogP contribution in [0.15, 0.2) is 78.4 Å². The van der Waals surface area contributed by atoms with Crippen molar-refractivity contribution in [2.75, 3.05) is 13.2 Å². The zero-order valence-electron chi connectivity index (χ0n) is 14.6. The average Bonchev–Trinajstić information content (AvgIpc) is 3.30. The number of thiophene rings is 1. The van der Waals surface area contributed by atoms with Crippen molar-refractivity contribution < 1.29 is 19.4 Å². The lowest BCUT2D eigenvalue weighted by atomic mass is 9.95. The van der Waals surface area contributed by atoms with E-state index in [2.05, 4.69) is 13.2 Å². The van der Waals surface area contributed by atoms with Gasteiger partial charge in [0.05, 0.1) is 16.5 Å². The first-order valence-corrected chi connectivity index (χ1v) is 9.23. The van der Waals surface area contributed by atoms with E-state index in [1.54, 1.807) is 53.9 Å². The zero-order chi connectivity index (χ0) is 19.4. The second-order valence-corrected chi connectivity index (χ2v) is 6.83. The van der Waals surface area contributed by atoms with Crippen LogP contribution in [0.4, 0.5) is 0 Å². The second-order valence-electron chi connectivity index (χ2n) is 5.89. The van der Waals surface area contributed by atoms with Gasteiger partial charge in [0.15, 0.2) is 5.76 Å². The third kappa shape index (κ3) is 3.57. The average molecular weight is 381 g/mol. The van der Waals surface area contributed by atoms with Gasteiger partial charge in [-0.3, -0.25) is 9.59 Å². The molecule has 138 valence electrons. The van der Waals surface area contributed by atoms with E-state index in [0.29, 0.717) is 22.8 Å². The molecule has 5 nitrogen and oxygen atoms in total. The van der Waals surface area contributed by atoms with Gasteiger partial charge in [-0.2, -0.15) is 0 Å². The smallest absolute Gasteiger partial charge is 0.290 e. The number of nitrogens with zero attached hydrogens (tertiary/aromatic N) is 1. The molecule has 0 aliphatic carbocycles. The Morgan fingerprint density at radius 3 is 2.56 bits per heavy atom. The molecule has 6 heteroatoms. The molecule has 0 unspecified atom stereocenters. The molecule has 3 rings (SSSR count). The Kier molecular flexibility index (Phi) is 5.57. The largest absolute Gasteiger partial charge is 0.503 e. The number of ether oxygens (including phenoxy) is 1. The van der Waals surface area contributed by atoms with E-state index in [-0.39, 0.29) is 17.9 Å². The summed E-state index contributed by atoms with van der Waals surface area (Å²) in [6.07, 6.45) is 3.21. The monoisotopic (exact) mass is 381 g/mol. The molecule has 27 heavy (non-hydrogen) atoms. The molecule has 1 atom stereocenters. The molecule has 0 spiro atoms. The van der Waals surface area contributed by atoms with Crippen LogP contribution in [0.1, 0.15) is 21.3 Å². The van der Waals surface area contributed by atoms with Crippen LogP contribution < -0.4 is 4.74 Å². The fourth-order valence-corrected chi connectivity index (χ4v) is 3.68. The van der Waals surface area contributed by atoms with Gasteiger partial charge in [-0.05, 0) is 29.1 Å². The maximum atomic E-state index is 13.0. The number of Topliss-reactive ketones (excluding diaryl/α,β-unsaturated/α-hetero) is 1. The number of hydrogen-bond acceptors (Lipinski definition) is 5. The van der Waals surface area contributed by atoms with E-state index >= 15 is 0 Å². The van der Waals surface area contributed by atoms with Gasteiger partial charge in [-0.25, -0.2) is 0 Å². The number of rotatable bonds is 8. The predicted molar refractivity (Wildman–Crippen MR) is 105 cm³/mol. The Labute approximate surface area is 161 Å².